The monoisotopic (exact) mass is 294 g/mol. The number of phenols is 1. The summed E-state index contributed by atoms with van der Waals surface area (Å²) in [7, 11) is 0. The van der Waals surface area contributed by atoms with Crippen molar-refractivity contribution in [3.8, 4) is 11.8 Å². The van der Waals surface area contributed by atoms with Gasteiger partial charge in [-0.1, -0.05) is 11.6 Å². The fraction of sp³-hybridized carbons (Fsp3) is 0.231. The number of phenolic OH excluding ortho intramolecular Hbond substituents is 1. The Morgan fingerprint density at radius 3 is 2.75 bits per heavy atom. The number of halogens is 1. The summed E-state index contributed by atoms with van der Waals surface area (Å²) in [6.07, 6.45) is 0. The second kappa shape index (κ2) is 6.68. The minimum absolute atomic E-state index is 0.126. The average Bonchev–Trinajstić information content (AvgIpc) is 2.39. The molecule has 1 atom stereocenters. The largest absolute Gasteiger partial charge is 0.507 e. The van der Waals surface area contributed by atoms with Crippen LogP contribution in [0, 0.1) is 22.7 Å². The Labute approximate surface area is 120 Å². The van der Waals surface area contributed by atoms with Gasteiger partial charge in [0.25, 0.3) is 0 Å². The van der Waals surface area contributed by atoms with E-state index in [-0.39, 0.29) is 22.0 Å². The molecule has 6 nitrogen and oxygen atoms in total. The number of Topliss-reactive ketones (excluding diaryl/α,β-unsaturated/α-hetero) is 1. The number of carbonyl (C=O) groups excluding carboxylic acids is 2. The summed E-state index contributed by atoms with van der Waals surface area (Å²) >= 11 is 5.68. The third kappa shape index (κ3) is 3.80. The van der Waals surface area contributed by atoms with Crippen LogP contribution in [-0.2, 0) is 9.53 Å². The van der Waals surface area contributed by atoms with Gasteiger partial charge in [0.2, 0.25) is 0 Å². The second-order valence-corrected chi connectivity index (χ2v) is 4.39. The zero-order valence-electron chi connectivity index (χ0n) is 10.5. The van der Waals surface area contributed by atoms with Crippen LogP contribution in [0.4, 0.5) is 0 Å². The summed E-state index contributed by atoms with van der Waals surface area (Å²) < 4.78 is 4.70. The van der Waals surface area contributed by atoms with Crippen molar-refractivity contribution in [2.24, 2.45) is 5.92 Å². The van der Waals surface area contributed by atoms with E-state index in [2.05, 4.69) is 0 Å². The van der Waals surface area contributed by atoms with Crippen LogP contribution < -0.4 is 0 Å². The first-order valence-corrected chi connectivity index (χ1v) is 5.87. The van der Waals surface area contributed by atoms with Crippen LogP contribution in [0.25, 0.3) is 0 Å². The van der Waals surface area contributed by atoms with Crippen molar-refractivity contribution in [3.63, 3.8) is 0 Å². The maximum Gasteiger partial charge on any atom is 0.342 e. The molecule has 0 heterocycles. The fourth-order valence-electron chi connectivity index (χ4n) is 1.38. The SMILES string of the molecule is CC(=N)C(C#N)C(=O)COC(=O)c1cc(Cl)ccc1O. The number of carbonyl (C=O) groups is 2. The van der Waals surface area contributed by atoms with E-state index in [1.807, 2.05) is 0 Å². The van der Waals surface area contributed by atoms with Gasteiger partial charge in [-0.2, -0.15) is 5.26 Å². The quantitative estimate of drug-likeness (QED) is 0.637. The van der Waals surface area contributed by atoms with E-state index < -0.39 is 24.3 Å². The molecule has 0 amide bonds. The number of esters is 1. The third-order valence-electron chi connectivity index (χ3n) is 2.41. The molecule has 1 aromatic carbocycles. The first-order chi connectivity index (χ1) is 9.36. The van der Waals surface area contributed by atoms with Crippen LogP contribution >= 0.6 is 11.6 Å². The van der Waals surface area contributed by atoms with Gasteiger partial charge in [0.1, 0.15) is 17.2 Å². The van der Waals surface area contributed by atoms with Gasteiger partial charge in [0, 0.05) is 10.7 Å². The molecular formula is C13H11ClN2O4. The number of hydrogen-bond donors (Lipinski definition) is 2. The van der Waals surface area contributed by atoms with Crippen molar-refractivity contribution >= 4 is 29.1 Å². The fourth-order valence-corrected chi connectivity index (χ4v) is 1.55. The third-order valence-corrected chi connectivity index (χ3v) is 2.64. The van der Waals surface area contributed by atoms with Crippen LogP contribution in [-0.4, -0.2) is 29.2 Å². The molecule has 0 radical (unpaired) electrons. The Morgan fingerprint density at radius 1 is 1.55 bits per heavy atom. The minimum Gasteiger partial charge on any atom is -0.507 e. The molecule has 0 saturated carbocycles. The van der Waals surface area contributed by atoms with E-state index in [1.165, 1.54) is 25.1 Å². The highest BCUT2D eigenvalue weighted by Crippen LogP contribution is 2.22. The topological polar surface area (TPSA) is 111 Å². The number of ether oxygens (including phenoxy) is 1. The number of benzene rings is 1. The molecule has 0 aliphatic carbocycles. The van der Waals surface area contributed by atoms with Crippen molar-refractivity contribution in [1.29, 1.82) is 10.7 Å². The minimum atomic E-state index is -1.24. The molecule has 0 aliphatic rings. The number of rotatable bonds is 5. The van der Waals surface area contributed by atoms with Gasteiger partial charge in [-0.05, 0) is 25.1 Å². The van der Waals surface area contributed by atoms with Crippen molar-refractivity contribution in [2.45, 2.75) is 6.92 Å². The van der Waals surface area contributed by atoms with Gasteiger partial charge >= 0.3 is 5.97 Å². The van der Waals surface area contributed by atoms with E-state index in [9.17, 15) is 14.7 Å². The number of ketones is 1. The molecular weight excluding hydrogens is 284 g/mol. The molecule has 0 aliphatic heterocycles. The first kappa shape index (κ1) is 15.7. The number of hydrogen-bond acceptors (Lipinski definition) is 6. The lowest BCUT2D eigenvalue weighted by molar-refractivity contribution is -0.122. The van der Waals surface area contributed by atoms with Crippen molar-refractivity contribution in [1.82, 2.24) is 0 Å². The van der Waals surface area contributed by atoms with E-state index >= 15 is 0 Å². The van der Waals surface area contributed by atoms with Crippen LogP contribution in [0.15, 0.2) is 18.2 Å². The molecule has 0 bridgehead atoms. The number of aromatic hydroxyl groups is 1. The highest BCUT2D eigenvalue weighted by atomic mass is 35.5. The second-order valence-electron chi connectivity index (χ2n) is 3.95. The van der Waals surface area contributed by atoms with Gasteiger partial charge in [0.05, 0.1) is 6.07 Å². The van der Waals surface area contributed by atoms with Crippen molar-refractivity contribution < 1.29 is 19.4 Å². The Balaban J connectivity index is 2.73. The summed E-state index contributed by atoms with van der Waals surface area (Å²) in [4.78, 5) is 23.2. The molecule has 0 fully saturated rings. The van der Waals surface area contributed by atoms with Crippen LogP contribution in [0.5, 0.6) is 5.75 Å². The number of nitrogens with one attached hydrogen (secondary N) is 1. The standard InChI is InChI=1S/C13H11ClN2O4/c1-7(16)10(5-15)12(18)6-20-13(19)9-4-8(14)2-3-11(9)17/h2-4,10,16-17H,6H2,1H3. The number of nitrogens with zero attached hydrogens (tertiary/aromatic N) is 1. The lowest BCUT2D eigenvalue weighted by atomic mass is 10.0. The van der Waals surface area contributed by atoms with Crippen LogP contribution in [0.1, 0.15) is 17.3 Å². The highest BCUT2D eigenvalue weighted by molar-refractivity contribution is 6.31. The molecule has 0 saturated heterocycles. The molecule has 1 unspecified atom stereocenters. The normalized spacial score (nSPS) is 11.2. The Bertz CT molecular complexity index is 607. The molecule has 104 valence electrons. The van der Waals surface area contributed by atoms with Gasteiger partial charge in [-0.25, -0.2) is 4.79 Å². The Morgan fingerprint density at radius 2 is 2.20 bits per heavy atom. The van der Waals surface area contributed by atoms with Gasteiger partial charge in [-0.15, -0.1) is 0 Å². The molecule has 1 aromatic rings. The Hall–Kier alpha value is -2.39. The maximum absolute atomic E-state index is 11.7. The summed E-state index contributed by atoms with van der Waals surface area (Å²) in [5.74, 6) is -3.20. The lowest BCUT2D eigenvalue weighted by Gasteiger charge is -2.08. The predicted molar refractivity (Wildman–Crippen MR) is 70.9 cm³/mol. The van der Waals surface area contributed by atoms with E-state index in [0.717, 1.165) is 0 Å². The molecule has 1 rings (SSSR count). The van der Waals surface area contributed by atoms with Gasteiger partial charge in [0.15, 0.2) is 12.4 Å². The first-order valence-electron chi connectivity index (χ1n) is 5.49. The summed E-state index contributed by atoms with van der Waals surface area (Å²) in [5, 5.41) is 25.7. The van der Waals surface area contributed by atoms with E-state index in [1.54, 1.807) is 6.07 Å². The number of nitriles is 1. The molecule has 0 spiro atoms. The summed E-state index contributed by atoms with van der Waals surface area (Å²) in [5.41, 5.74) is -0.301. The molecule has 20 heavy (non-hydrogen) atoms. The maximum atomic E-state index is 11.7. The van der Waals surface area contributed by atoms with Gasteiger partial charge < -0.3 is 15.3 Å². The van der Waals surface area contributed by atoms with E-state index in [0.29, 0.717) is 0 Å². The molecule has 7 heteroatoms. The zero-order chi connectivity index (χ0) is 15.3. The van der Waals surface area contributed by atoms with Crippen LogP contribution in [0.3, 0.4) is 0 Å². The highest BCUT2D eigenvalue weighted by Gasteiger charge is 2.22. The average molecular weight is 295 g/mol. The lowest BCUT2D eigenvalue weighted by Crippen LogP contribution is -2.25. The predicted octanol–water partition coefficient (Wildman–Crippen LogP) is 1.95. The molecule has 2 N–H and O–H groups in total. The van der Waals surface area contributed by atoms with Crippen molar-refractivity contribution in [3.05, 3.63) is 28.8 Å². The van der Waals surface area contributed by atoms with Gasteiger partial charge in [-0.3, -0.25) is 4.79 Å². The summed E-state index contributed by atoms with van der Waals surface area (Å²) in [6, 6.07) is 5.47. The van der Waals surface area contributed by atoms with Crippen LogP contribution in [0.2, 0.25) is 5.02 Å². The van der Waals surface area contributed by atoms with E-state index in [4.69, 9.17) is 27.0 Å². The Kier molecular flexibility index (Phi) is 5.23. The zero-order valence-corrected chi connectivity index (χ0v) is 11.3. The molecule has 0 aromatic heterocycles. The van der Waals surface area contributed by atoms with Crippen molar-refractivity contribution in [2.75, 3.05) is 6.61 Å². The smallest absolute Gasteiger partial charge is 0.342 e. The summed E-state index contributed by atoms with van der Waals surface area (Å²) in [6.45, 7) is 0.662.